The second kappa shape index (κ2) is 7.69. The Labute approximate surface area is 158 Å². The highest BCUT2D eigenvalue weighted by molar-refractivity contribution is 5.66. The van der Waals surface area contributed by atoms with Crippen molar-refractivity contribution in [1.82, 2.24) is 30.4 Å². The summed E-state index contributed by atoms with van der Waals surface area (Å²) < 4.78 is 11.0. The first-order valence-electron chi connectivity index (χ1n) is 8.74. The summed E-state index contributed by atoms with van der Waals surface area (Å²) in [4.78, 5) is 1.44. The van der Waals surface area contributed by atoms with E-state index in [1.165, 1.54) is 4.80 Å². The molecule has 3 rings (SSSR count). The highest BCUT2D eigenvalue weighted by atomic mass is 16.5. The van der Waals surface area contributed by atoms with Crippen LogP contribution in [0.1, 0.15) is 37.6 Å². The molecule has 0 saturated heterocycles. The summed E-state index contributed by atoms with van der Waals surface area (Å²) in [5, 5.41) is 20.2. The first-order valence-corrected chi connectivity index (χ1v) is 8.74. The molecule has 0 aliphatic rings. The Kier molecular flexibility index (Phi) is 5.34. The molecule has 8 nitrogen and oxygen atoms in total. The summed E-state index contributed by atoms with van der Waals surface area (Å²) in [5.74, 6) is 2.64. The van der Waals surface area contributed by atoms with E-state index in [4.69, 9.17) is 9.15 Å². The molecule has 3 aromatic rings. The molecule has 0 aliphatic carbocycles. The minimum absolute atomic E-state index is 0.00716. The van der Waals surface area contributed by atoms with Crippen LogP contribution in [0.25, 0.3) is 17.5 Å². The third-order valence-corrected chi connectivity index (χ3v) is 4.16. The average Bonchev–Trinajstić information content (AvgIpc) is 3.22. The minimum Gasteiger partial charge on any atom is -0.496 e. The molecule has 0 aliphatic heterocycles. The number of aryl methyl sites for hydroxylation is 2. The number of benzene rings is 1. The Balaban J connectivity index is 1.75. The third-order valence-electron chi connectivity index (χ3n) is 4.16. The number of hydrogen-bond donors (Lipinski definition) is 0. The van der Waals surface area contributed by atoms with Crippen molar-refractivity contribution < 1.29 is 9.15 Å². The second-order valence-corrected chi connectivity index (χ2v) is 7.22. The minimum atomic E-state index is -0.00716. The van der Waals surface area contributed by atoms with Crippen molar-refractivity contribution in [1.29, 1.82) is 0 Å². The summed E-state index contributed by atoms with van der Waals surface area (Å²) in [6.07, 6.45) is 5.76. The van der Waals surface area contributed by atoms with E-state index in [0.29, 0.717) is 17.6 Å². The highest BCUT2D eigenvalue weighted by Gasteiger charge is 2.20. The zero-order chi connectivity index (χ0) is 19.4. The summed E-state index contributed by atoms with van der Waals surface area (Å²) in [5.41, 5.74) is 1.85. The smallest absolute Gasteiger partial charge is 0.217 e. The molecule has 0 unspecified atom stereocenters. The predicted octanol–water partition coefficient (Wildman–Crippen LogP) is 3.25. The van der Waals surface area contributed by atoms with Gasteiger partial charge in [0, 0.05) is 24.5 Å². The van der Waals surface area contributed by atoms with Crippen molar-refractivity contribution in [2.75, 3.05) is 7.11 Å². The highest BCUT2D eigenvalue weighted by Crippen LogP contribution is 2.29. The first kappa shape index (κ1) is 18.8. The van der Waals surface area contributed by atoms with Crippen LogP contribution in [-0.4, -0.2) is 37.5 Å². The van der Waals surface area contributed by atoms with Crippen LogP contribution >= 0.6 is 0 Å². The number of ether oxygens (including phenoxy) is 1. The molecule has 0 fully saturated rings. The molecule has 8 heteroatoms. The maximum Gasteiger partial charge on any atom is 0.217 e. The lowest BCUT2D eigenvalue weighted by Crippen LogP contribution is -2.14. The number of rotatable bonds is 7. The van der Waals surface area contributed by atoms with Crippen LogP contribution in [0.4, 0.5) is 0 Å². The van der Waals surface area contributed by atoms with Gasteiger partial charge in [-0.3, -0.25) is 0 Å². The fraction of sp³-hybridized carbons (Fsp3) is 0.421. The Morgan fingerprint density at radius 2 is 2.04 bits per heavy atom. The lowest BCUT2D eigenvalue weighted by atomic mass is 9.85. The monoisotopic (exact) mass is 368 g/mol. The van der Waals surface area contributed by atoms with Crippen LogP contribution in [0, 0.1) is 12.3 Å². The van der Waals surface area contributed by atoms with Gasteiger partial charge in [0.25, 0.3) is 0 Å². The van der Waals surface area contributed by atoms with Gasteiger partial charge in [0.05, 0.1) is 14.2 Å². The van der Waals surface area contributed by atoms with Crippen LogP contribution in [0.5, 0.6) is 5.75 Å². The zero-order valence-electron chi connectivity index (χ0n) is 16.3. The Hall–Kier alpha value is -3.03. The molecular formula is C19H24N6O2. The molecule has 1 aromatic carbocycles. The number of allylic oxidation sites excluding steroid dienone is 1. The normalized spacial score (nSPS) is 12.0. The van der Waals surface area contributed by atoms with Crippen molar-refractivity contribution in [3.8, 4) is 17.1 Å². The molecule has 27 heavy (non-hydrogen) atoms. The van der Waals surface area contributed by atoms with Crippen molar-refractivity contribution in [2.45, 2.75) is 33.6 Å². The van der Waals surface area contributed by atoms with Gasteiger partial charge in [0.1, 0.15) is 5.75 Å². The Morgan fingerprint density at radius 1 is 1.22 bits per heavy atom. The third kappa shape index (κ3) is 4.78. The van der Waals surface area contributed by atoms with Crippen molar-refractivity contribution >= 4 is 6.08 Å². The van der Waals surface area contributed by atoms with Gasteiger partial charge in [-0.25, -0.2) is 0 Å². The molecule has 142 valence electrons. The van der Waals surface area contributed by atoms with Gasteiger partial charge in [0.15, 0.2) is 0 Å². The SMILES string of the molecule is COc1ccc(-c2nnn(C)n2)cc1/C=C/CC(C)(C)Cc1nnc(C)o1. The number of tetrazole rings is 1. The van der Waals surface area contributed by atoms with E-state index < -0.39 is 0 Å². The molecule has 0 atom stereocenters. The number of methoxy groups -OCH3 is 1. The van der Waals surface area contributed by atoms with Crippen LogP contribution in [0.2, 0.25) is 0 Å². The predicted molar refractivity (Wildman–Crippen MR) is 101 cm³/mol. The molecule has 0 N–H and O–H groups in total. The number of aromatic nitrogens is 6. The van der Waals surface area contributed by atoms with Crippen molar-refractivity contribution in [3.05, 3.63) is 41.6 Å². The standard InChI is InChI=1S/C19H24N6O2/c1-13-20-21-17(27-13)12-19(2,3)10-6-7-14-11-15(8-9-16(14)26-5)18-22-24-25(4)23-18/h6-9,11H,10,12H2,1-5H3/b7-6+. The maximum absolute atomic E-state index is 5.50. The summed E-state index contributed by atoms with van der Waals surface area (Å²) in [7, 11) is 3.41. The van der Waals surface area contributed by atoms with Gasteiger partial charge in [0.2, 0.25) is 17.6 Å². The first-order chi connectivity index (χ1) is 12.9. The molecule has 0 radical (unpaired) electrons. The zero-order valence-corrected chi connectivity index (χ0v) is 16.3. The topological polar surface area (TPSA) is 91.8 Å². The number of hydrogen-bond acceptors (Lipinski definition) is 7. The number of nitrogens with zero attached hydrogens (tertiary/aromatic N) is 6. The van der Waals surface area contributed by atoms with Gasteiger partial charge in [-0.15, -0.1) is 20.4 Å². The summed E-state index contributed by atoms with van der Waals surface area (Å²) in [6.45, 7) is 6.15. The van der Waals surface area contributed by atoms with Crippen molar-refractivity contribution in [3.63, 3.8) is 0 Å². The molecular weight excluding hydrogens is 344 g/mol. The molecule has 2 aromatic heterocycles. The van der Waals surface area contributed by atoms with E-state index in [9.17, 15) is 0 Å². The van der Waals surface area contributed by atoms with Gasteiger partial charge in [-0.2, -0.15) is 4.80 Å². The Bertz CT molecular complexity index is 941. The maximum atomic E-state index is 5.50. The molecule has 0 spiro atoms. The van der Waals surface area contributed by atoms with E-state index in [1.807, 2.05) is 18.2 Å². The van der Waals surface area contributed by atoms with E-state index in [2.05, 4.69) is 51.6 Å². The fourth-order valence-corrected chi connectivity index (χ4v) is 2.80. The van der Waals surface area contributed by atoms with Gasteiger partial charge >= 0.3 is 0 Å². The second-order valence-electron chi connectivity index (χ2n) is 7.22. The quantitative estimate of drug-likeness (QED) is 0.632. The van der Waals surface area contributed by atoms with E-state index in [0.717, 1.165) is 29.7 Å². The van der Waals surface area contributed by atoms with Gasteiger partial charge in [-0.1, -0.05) is 26.0 Å². The fourth-order valence-electron chi connectivity index (χ4n) is 2.80. The summed E-state index contributed by atoms with van der Waals surface area (Å²) >= 11 is 0. The van der Waals surface area contributed by atoms with Crippen molar-refractivity contribution in [2.24, 2.45) is 12.5 Å². The van der Waals surface area contributed by atoms with Crippen LogP contribution in [0.15, 0.2) is 28.7 Å². The molecule has 2 heterocycles. The van der Waals surface area contributed by atoms with E-state index >= 15 is 0 Å². The largest absolute Gasteiger partial charge is 0.496 e. The average molecular weight is 368 g/mol. The van der Waals surface area contributed by atoms with Crippen LogP contribution in [-0.2, 0) is 13.5 Å². The molecule has 0 amide bonds. The molecule has 0 bridgehead atoms. The Morgan fingerprint density at radius 3 is 2.67 bits per heavy atom. The lowest BCUT2D eigenvalue weighted by Gasteiger charge is -2.20. The van der Waals surface area contributed by atoms with Gasteiger partial charge < -0.3 is 9.15 Å². The van der Waals surface area contributed by atoms with Gasteiger partial charge in [-0.05, 0) is 35.2 Å². The van der Waals surface area contributed by atoms with Crippen LogP contribution < -0.4 is 4.74 Å². The lowest BCUT2D eigenvalue weighted by molar-refractivity contribution is 0.321. The molecule has 0 saturated carbocycles. The van der Waals surface area contributed by atoms with E-state index in [-0.39, 0.29) is 5.41 Å². The van der Waals surface area contributed by atoms with E-state index in [1.54, 1.807) is 21.1 Å². The summed E-state index contributed by atoms with van der Waals surface area (Å²) in [6, 6.07) is 5.84. The van der Waals surface area contributed by atoms with Crippen LogP contribution in [0.3, 0.4) is 0 Å².